The molecule has 0 amide bonds. The average molecular weight is 129 g/mol. The number of carbonyl (C=O) groups excluding carboxylic acids is 1. The minimum Gasteiger partial charge on any atom is -0.449 e. The predicted molar refractivity (Wildman–Crippen MR) is 32.8 cm³/mol. The number of ether oxygens (including phenoxy) is 1. The molecule has 1 N–H and O–H groups in total. The van der Waals surface area contributed by atoms with Crippen LogP contribution in [0.15, 0.2) is 0 Å². The van der Waals surface area contributed by atoms with Gasteiger partial charge in [-0.05, 0) is 25.8 Å². The summed E-state index contributed by atoms with van der Waals surface area (Å²) in [7, 11) is 0. The first kappa shape index (κ1) is 6.55. The zero-order chi connectivity index (χ0) is 6.53. The van der Waals surface area contributed by atoms with Crippen molar-refractivity contribution in [1.82, 2.24) is 5.32 Å². The highest BCUT2D eigenvalue weighted by molar-refractivity contribution is 5.37. The topological polar surface area (TPSA) is 38.3 Å². The number of carbonyl (C=O) groups is 1. The Bertz CT molecular complexity index is 89.1. The molecule has 1 atom stereocenters. The fourth-order valence-electron chi connectivity index (χ4n) is 1.00. The van der Waals surface area contributed by atoms with Crippen molar-refractivity contribution in [1.29, 1.82) is 0 Å². The summed E-state index contributed by atoms with van der Waals surface area (Å²) >= 11 is 0. The van der Waals surface area contributed by atoms with Crippen LogP contribution in [0.4, 0.5) is 0 Å². The molecule has 0 aromatic rings. The minimum absolute atomic E-state index is 0.0174. The van der Waals surface area contributed by atoms with Crippen molar-refractivity contribution < 1.29 is 9.53 Å². The lowest BCUT2D eigenvalue weighted by Crippen LogP contribution is -2.35. The Hall–Kier alpha value is -0.570. The van der Waals surface area contributed by atoms with Gasteiger partial charge in [-0.3, -0.25) is 10.1 Å². The molecule has 0 radical (unpaired) electrons. The molecule has 9 heavy (non-hydrogen) atoms. The number of hydrogen-bond donors (Lipinski definition) is 1. The normalized spacial score (nSPS) is 27.3. The van der Waals surface area contributed by atoms with Crippen LogP contribution in [-0.4, -0.2) is 19.2 Å². The smallest absolute Gasteiger partial charge is 0.294 e. The van der Waals surface area contributed by atoms with E-state index in [2.05, 4.69) is 5.32 Å². The molecule has 1 saturated heterocycles. The van der Waals surface area contributed by atoms with Crippen molar-refractivity contribution in [2.75, 3.05) is 6.54 Å². The highest BCUT2D eigenvalue weighted by atomic mass is 16.5. The number of hydrogen-bond acceptors (Lipinski definition) is 3. The molecule has 1 aliphatic heterocycles. The second-order valence-electron chi connectivity index (χ2n) is 2.17. The molecule has 3 heteroatoms. The van der Waals surface area contributed by atoms with Crippen molar-refractivity contribution in [3.05, 3.63) is 0 Å². The second-order valence-corrected chi connectivity index (χ2v) is 2.17. The van der Waals surface area contributed by atoms with E-state index in [4.69, 9.17) is 4.74 Å². The van der Waals surface area contributed by atoms with E-state index < -0.39 is 0 Å². The summed E-state index contributed by atoms with van der Waals surface area (Å²) < 4.78 is 4.69. The molecular weight excluding hydrogens is 118 g/mol. The molecule has 0 bridgehead atoms. The fourth-order valence-corrected chi connectivity index (χ4v) is 1.00. The standard InChI is InChI=1S/C6H11NO2/c8-5-9-6-3-1-2-4-7-6/h5-7H,1-4H2. The molecule has 0 aromatic heterocycles. The van der Waals surface area contributed by atoms with Crippen molar-refractivity contribution in [2.24, 2.45) is 0 Å². The molecule has 3 nitrogen and oxygen atoms in total. The van der Waals surface area contributed by atoms with Crippen LogP contribution in [0.3, 0.4) is 0 Å². The molecule has 0 spiro atoms. The molecule has 1 rings (SSSR count). The van der Waals surface area contributed by atoms with Gasteiger partial charge in [0.2, 0.25) is 0 Å². The maximum Gasteiger partial charge on any atom is 0.294 e. The molecule has 1 aliphatic rings. The molecule has 1 heterocycles. The molecule has 0 aliphatic carbocycles. The maximum absolute atomic E-state index is 9.81. The van der Waals surface area contributed by atoms with Crippen LogP contribution in [0.2, 0.25) is 0 Å². The largest absolute Gasteiger partial charge is 0.449 e. The Morgan fingerprint density at radius 2 is 2.44 bits per heavy atom. The van der Waals surface area contributed by atoms with E-state index in [1.807, 2.05) is 0 Å². The summed E-state index contributed by atoms with van der Waals surface area (Å²) in [6.07, 6.45) is 3.29. The van der Waals surface area contributed by atoms with Gasteiger partial charge in [-0.2, -0.15) is 0 Å². The lowest BCUT2D eigenvalue weighted by molar-refractivity contribution is -0.136. The minimum atomic E-state index is -0.0174. The summed E-state index contributed by atoms with van der Waals surface area (Å²) in [5.74, 6) is 0. The van der Waals surface area contributed by atoms with E-state index in [9.17, 15) is 4.79 Å². The Morgan fingerprint density at radius 3 is 3.00 bits per heavy atom. The first-order chi connectivity index (χ1) is 4.43. The van der Waals surface area contributed by atoms with Crippen molar-refractivity contribution in [3.63, 3.8) is 0 Å². The maximum atomic E-state index is 9.81. The van der Waals surface area contributed by atoms with Gasteiger partial charge in [0.25, 0.3) is 6.47 Å². The SMILES string of the molecule is O=COC1CCCCN1. The molecule has 1 unspecified atom stereocenters. The van der Waals surface area contributed by atoms with E-state index in [1.54, 1.807) is 0 Å². The zero-order valence-electron chi connectivity index (χ0n) is 5.30. The van der Waals surface area contributed by atoms with Gasteiger partial charge in [-0.1, -0.05) is 0 Å². The van der Waals surface area contributed by atoms with Crippen LogP contribution in [0.25, 0.3) is 0 Å². The lowest BCUT2D eigenvalue weighted by atomic mass is 10.1. The van der Waals surface area contributed by atoms with Crippen LogP contribution >= 0.6 is 0 Å². The Balaban J connectivity index is 2.15. The summed E-state index contributed by atoms with van der Waals surface area (Å²) in [6.45, 7) is 1.47. The second kappa shape index (κ2) is 3.45. The van der Waals surface area contributed by atoms with E-state index >= 15 is 0 Å². The van der Waals surface area contributed by atoms with Crippen LogP contribution in [0.5, 0.6) is 0 Å². The van der Waals surface area contributed by atoms with E-state index in [0.717, 1.165) is 19.4 Å². The van der Waals surface area contributed by atoms with Crippen molar-refractivity contribution in [2.45, 2.75) is 25.5 Å². The molecule has 0 aromatic carbocycles. The lowest BCUT2D eigenvalue weighted by Gasteiger charge is -2.20. The van der Waals surface area contributed by atoms with Crippen LogP contribution in [0, 0.1) is 0 Å². The Kier molecular flexibility index (Phi) is 2.51. The van der Waals surface area contributed by atoms with E-state index in [0.29, 0.717) is 6.47 Å². The Labute approximate surface area is 54.4 Å². The van der Waals surface area contributed by atoms with Crippen LogP contribution < -0.4 is 5.32 Å². The first-order valence-electron chi connectivity index (χ1n) is 3.26. The predicted octanol–water partition coefficient (Wildman–Crippen LogP) is 0.259. The monoisotopic (exact) mass is 129 g/mol. The van der Waals surface area contributed by atoms with Gasteiger partial charge in [0, 0.05) is 0 Å². The number of nitrogens with one attached hydrogen (secondary N) is 1. The third-order valence-corrected chi connectivity index (χ3v) is 1.48. The van der Waals surface area contributed by atoms with Gasteiger partial charge in [0.1, 0.15) is 0 Å². The highest BCUT2D eigenvalue weighted by Gasteiger charge is 2.11. The molecule has 1 fully saturated rings. The van der Waals surface area contributed by atoms with Gasteiger partial charge in [-0.15, -0.1) is 0 Å². The van der Waals surface area contributed by atoms with Gasteiger partial charge < -0.3 is 4.74 Å². The van der Waals surface area contributed by atoms with Crippen LogP contribution in [0.1, 0.15) is 19.3 Å². The van der Waals surface area contributed by atoms with E-state index in [1.165, 1.54) is 6.42 Å². The first-order valence-corrected chi connectivity index (χ1v) is 3.26. The third kappa shape index (κ3) is 2.01. The number of piperidine rings is 1. The summed E-state index contributed by atoms with van der Waals surface area (Å²) in [5.41, 5.74) is 0. The number of rotatable bonds is 2. The quantitative estimate of drug-likeness (QED) is 0.543. The highest BCUT2D eigenvalue weighted by Crippen LogP contribution is 2.06. The van der Waals surface area contributed by atoms with Gasteiger partial charge in [0.15, 0.2) is 6.23 Å². The average Bonchev–Trinajstić information content (AvgIpc) is 1.91. The Morgan fingerprint density at radius 1 is 1.56 bits per heavy atom. The zero-order valence-corrected chi connectivity index (χ0v) is 5.30. The molecule has 52 valence electrons. The van der Waals surface area contributed by atoms with Gasteiger partial charge >= 0.3 is 0 Å². The van der Waals surface area contributed by atoms with Crippen molar-refractivity contribution in [3.8, 4) is 0 Å². The summed E-state index contributed by atoms with van der Waals surface area (Å²) in [6, 6.07) is 0. The molecular formula is C6H11NO2. The fraction of sp³-hybridized carbons (Fsp3) is 0.833. The third-order valence-electron chi connectivity index (χ3n) is 1.48. The summed E-state index contributed by atoms with van der Waals surface area (Å²) in [4.78, 5) is 9.81. The van der Waals surface area contributed by atoms with E-state index in [-0.39, 0.29) is 6.23 Å². The molecule has 0 saturated carbocycles. The van der Waals surface area contributed by atoms with Gasteiger partial charge in [-0.25, -0.2) is 0 Å². The summed E-state index contributed by atoms with van der Waals surface area (Å²) in [5, 5.41) is 3.07. The van der Waals surface area contributed by atoms with Crippen LogP contribution in [-0.2, 0) is 9.53 Å². The van der Waals surface area contributed by atoms with Gasteiger partial charge in [0.05, 0.1) is 0 Å². The van der Waals surface area contributed by atoms with Crippen molar-refractivity contribution >= 4 is 6.47 Å².